The Balaban J connectivity index is 2.89. The summed E-state index contributed by atoms with van der Waals surface area (Å²) >= 11 is 5.63. The highest BCUT2D eigenvalue weighted by Crippen LogP contribution is 2.19. The second-order valence-electron chi connectivity index (χ2n) is 2.66. The minimum atomic E-state index is -1.08. The average molecular weight is 216 g/mol. The molecular formula is C9H10ClNO3. The first-order chi connectivity index (χ1) is 6.65. The van der Waals surface area contributed by atoms with Crippen LogP contribution in [0.4, 0.5) is 0 Å². The number of nitrogens with zero attached hydrogens (tertiary/aromatic N) is 1. The van der Waals surface area contributed by atoms with Crippen LogP contribution in [0.1, 0.15) is 23.7 Å². The van der Waals surface area contributed by atoms with Crippen molar-refractivity contribution in [1.82, 2.24) is 4.98 Å². The van der Waals surface area contributed by atoms with Crippen molar-refractivity contribution in [2.45, 2.75) is 13.3 Å². The van der Waals surface area contributed by atoms with Gasteiger partial charge in [-0.25, -0.2) is 9.78 Å². The molecule has 1 heterocycles. The monoisotopic (exact) mass is 215 g/mol. The number of pyridine rings is 1. The van der Waals surface area contributed by atoms with Crippen LogP contribution in [-0.4, -0.2) is 22.7 Å². The minimum absolute atomic E-state index is 0.00719. The molecule has 0 aliphatic heterocycles. The van der Waals surface area contributed by atoms with Crippen molar-refractivity contribution < 1.29 is 14.6 Å². The van der Waals surface area contributed by atoms with E-state index in [2.05, 4.69) is 4.98 Å². The van der Waals surface area contributed by atoms with Crippen molar-refractivity contribution >= 4 is 17.6 Å². The van der Waals surface area contributed by atoms with Crippen molar-refractivity contribution in [3.05, 3.63) is 22.8 Å². The summed E-state index contributed by atoms with van der Waals surface area (Å²) < 4.78 is 5.17. The number of hydrogen-bond acceptors (Lipinski definition) is 3. The van der Waals surface area contributed by atoms with Crippen LogP contribution in [0.2, 0.25) is 5.02 Å². The van der Waals surface area contributed by atoms with Crippen LogP contribution in [0.5, 0.6) is 5.88 Å². The van der Waals surface area contributed by atoms with Crippen molar-refractivity contribution in [3.8, 4) is 5.88 Å². The Hall–Kier alpha value is -1.29. The second-order valence-corrected chi connectivity index (χ2v) is 3.06. The van der Waals surface area contributed by atoms with E-state index >= 15 is 0 Å². The SMILES string of the molecule is CCCOc1cc(C(=O)O)c(Cl)cn1. The molecule has 14 heavy (non-hydrogen) atoms. The summed E-state index contributed by atoms with van der Waals surface area (Å²) in [5.74, 6) is -0.799. The average Bonchev–Trinajstić information content (AvgIpc) is 2.16. The first-order valence-corrected chi connectivity index (χ1v) is 4.54. The van der Waals surface area contributed by atoms with Crippen molar-refractivity contribution in [3.63, 3.8) is 0 Å². The predicted molar refractivity (Wildman–Crippen MR) is 52.0 cm³/mol. The van der Waals surface area contributed by atoms with E-state index in [0.717, 1.165) is 6.42 Å². The van der Waals surface area contributed by atoms with Gasteiger partial charge in [-0.2, -0.15) is 0 Å². The van der Waals surface area contributed by atoms with Crippen molar-refractivity contribution in [1.29, 1.82) is 0 Å². The molecule has 0 saturated heterocycles. The lowest BCUT2D eigenvalue weighted by Crippen LogP contribution is -2.02. The third kappa shape index (κ3) is 2.60. The summed E-state index contributed by atoms with van der Waals surface area (Å²) in [6.45, 7) is 2.46. The van der Waals surface area contributed by atoms with E-state index in [1.807, 2.05) is 6.92 Å². The number of hydrogen-bond donors (Lipinski definition) is 1. The van der Waals surface area contributed by atoms with Crippen LogP contribution in [0.15, 0.2) is 12.3 Å². The predicted octanol–water partition coefficient (Wildman–Crippen LogP) is 2.22. The van der Waals surface area contributed by atoms with E-state index in [1.54, 1.807) is 0 Å². The summed E-state index contributed by atoms with van der Waals surface area (Å²) in [5, 5.41) is 8.86. The largest absolute Gasteiger partial charge is 0.478 e. The smallest absolute Gasteiger partial charge is 0.337 e. The van der Waals surface area contributed by atoms with E-state index in [9.17, 15) is 4.79 Å². The molecule has 0 aliphatic rings. The van der Waals surface area contributed by atoms with E-state index < -0.39 is 5.97 Å². The van der Waals surface area contributed by atoms with Gasteiger partial charge in [-0.3, -0.25) is 0 Å². The Bertz CT molecular complexity index is 341. The quantitative estimate of drug-likeness (QED) is 0.837. The van der Waals surface area contributed by atoms with Crippen LogP contribution in [0.25, 0.3) is 0 Å². The first-order valence-electron chi connectivity index (χ1n) is 4.16. The Morgan fingerprint density at radius 2 is 2.43 bits per heavy atom. The molecule has 0 saturated carbocycles. The number of ether oxygens (including phenoxy) is 1. The molecule has 4 nitrogen and oxygen atoms in total. The molecule has 0 atom stereocenters. The lowest BCUT2D eigenvalue weighted by molar-refractivity contribution is 0.0696. The third-order valence-electron chi connectivity index (χ3n) is 1.51. The minimum Gasteiger partial charge on any atom is -0.478 e. The molecule has 0 bridgehead atoms. The lowest BCUT2D eigenvalue weighted by atomic mass is 10.3. The molecule has 76 valence electrons. The summed E-state index contributed by atoms with van der Waals surface area (Å²) in [6.07, 6.45) is 2.11. The van der Waals surface area contributed by atoms with Gasteiger partial charge in [0.25, 0.3) is 0 Å². The van der Waals surface area contributed by atoms with Gasteiger partial charge >= 0.3 is 5.97 Å². The molecule has 0 unspecified atom stereocenters. The molecule has 1 aromatic rings. The molecule has 1 rings (SSSR count). The van der Waals surface area contributed by atoms with Gasteiger partial charge in [0, 0.05) is 6.07 Å². The normalized spacial score (nSPS) is 9.86. The summed E-state index contributed by atoms with van der Waals surface area (Å²) in [5.41, 5.74) is 0.00719. The highest BCUT2D eigenvalue weighted by molar-refractivity contribution is 6.33. The van der Waals surface area contributed by atoms with Gasteiger partial charge in [0.05, 0.1) is 23.4 Å². The maximum absolute atomic E-state index is 10.7. The Morgan fingerprint density at radius 1 is 1.71 bits per heavy atom. The first kappa shape index (κ1) is 10.8. The third-order valence-corrected chi connectivity index (χ3v) is 1.82. The number of carbonyl (C=O) groups is 1. The zero-order valence-electron chi connectivity index (χ0n) is 7.66. The van der Waals surface area contributed by atoms with Gasteiger partial charge in [0.1, 0.15) is 0 Å². The number of halogens is 1. The van der Waals surface area contributed by atoms with E-state index in [-0.39, 0.29) is 16.5 Å². The second kappa shape index (κ2) is 4.81. The Kier molecular flexibility index (Phi) is 3.71. The van der Waals surface area contributed by atoms with Gasteiger partial charge in [-0.15, -0.1) is 0 Å². The molecule has 1 aromatic heterocycles. The van der Waals surface area contributed by atoms with E-state index in [1.165, 1.54) is 12.3 Å². The molecule has 0 aliphatic carbocycles. The molecule has 5 heteroatoms. The number of aromatic carboxylic acids is 1. The molecule has 0 spiro atoms. The number of carboxylic acids is 1. The van der Waals surface area contributed by atoms with Gasteiger partial charge < -0.3 is 9.84 Å². The highest BCUT2D eigenvalue weighted by atomic mass is 35.5. The molecule has 0 aromatic carbocycles. The van der Waals surface area contributed by atoms with Crippen molar-refractivity contribution in [2.75, 3.05) is 6.61 Å². The standard InChI is InChI=1S/C9H10ClNO3/c1-2-3-14-8-4-6(9(12)13)7(10)5-11-8/h4-5H,2-3H2,1H3,(H,12,13). The summed E-state index contributed by atoms with van der Waals surface area (Å²) in [7, 11) is 0. The van der Waals surface area contributed by atoms with Gasteiger partial charge in [0.15, 0.2) is 0 Å². The molecule has 0 fully saturated rings. The fourth-order valence-corrected chi connectivity index (χ4v) is 1.05. The Morgan fingerprint density at radius 3 is 3.00 bits per heavy atom. The maximum atomic E-state index is 10.7. The zero-order valence-corrected chi connectivity index (χ0v) is 8.41. The molecular weight excluding hydrogens is 206 g/mol. The fraction of sp³-hybridized carbons (Fsp3) is 0.333. The molecule has 0 radical (unpaired) electrons. The topological polar surface area (TPSA) is 59.4 Å². The number of carboxylic acid groups (broad SMARTS) is 1. The van der Waals surface area contributed by atoms with Crippen LogP contribution in [0, 0.1) is 0 Å². The lowest BCUT2D eigenvalue weighted by Gasteiger charge is -2.04. The fourth-order valence-electron chi connectivity index (χ4n) is 0.869. The zero-order chi connectivity index (χ0) is 10.6. The summed E-state index contributed by atoms with van der Waals surface area (Å²) in [6, 6.07) is 1.32. The molecule has 0 amide bonds. The maximum Gasteiger partial charge on any atom is 0.337 e. The summed E-state index contributed by atoms with van der Waals surface area (Å²) in [4.78, 5) is 14.5. The highest BCUT2D eigenvalue weighted by Gasteiger charge is 2.10. The van der Waals surface area contributed by atoms with Crippen LogP contribution in [-0.2, 0) is 0 Å². The van der Waals surface area contributed by atoms with Crippen molar-refractivity contribution in [2.24, 2.45) is 0 Å². The van der Waals surface area contributed by atoms with Crippen LogP contribution < -0.4 is 4.74 Å². The van der Waals surface area contributed by atoms with E-state index in [0.29, 0.717) is 6.61 Å². The van der Waals surface area contributed by atoms with Gasteiger partial charge in [-0.05, 0) is 6.42 Å². The van der Waals surface area contributed by atoms with Crippen LogP contribution in [0.3, 0.4) is 0 Å². The Labute approximate surface area is 86.5 Å². The van der Waals surface area contributed by atoms with Gasteiger partial charge in [-0.1, -0.05) is 18.5 Å². The number of rotatable bonds is 4. The van der Waals surface area contributed by atoms with Gasteiger partial charge in [0.2, 0.25) is 5.88 Å². The number of aromatic nitrogens is 1. The van der Waals surface area contributed by atoms with E-state index in [4.69, 9.17) is 21.4 Å². The van der Waals surface area contributed by atoms with Crippen LogP contribution >= 0.6 is 11.6 Å². The molecule has 1 N–H and O–H groups in total.